The second-order valence-corrected chi connectivity index (χ2v) is 6.93. The summed E-state index contributed by atoms with van der Waals surface area (Å²) in [6, 6.07) is 3.40. The molecule has 1 aliphatic rings. The Hall–Kier alpha value is -0.980. The Morgan fingerprint density at radius 3 is 2.68 bits per heavy atom. The van der Waals surface area contributed by atoms with Gasteiger partial charge in [0.15, 0.2) is 5.03 Å². The van der Waals surface area contributed by atoms with Crippen LogP contribution in [0.15, 0.2) is 23.4 Å². The first-order valence-electron chi connectivity index (χ1n) is 6.63. The summed E-state index contributed by atoms with van der Waals surface area (Å²) in [7, 11) is -1.64. The largest absolute Gasteiger partial charge is 0.316 e. The first-order valence-corrected chi connectivity index (χ1v) is 8.11. The molecule has 0 amide bonds. The zero-order valence-electron chi connectivity index (χ0n) is 11.4. The molecule has 19 heavy (non-hydrogen) atoms. The van der Waals surface area contributed by atoms with Gasteiger partial charge in [0.2, 0.25) is 0 Å². The normalized spacial score (nSPS) is 23.7. The molecule has 1 heterocycles. The minimum absolute atomic E-state index is 0.0544. The molecule has 5 nitrogen and oxygen atoms in total. The van der Waals surface area contributed by atoms with E-state index in [9.17, 15) is 8.42 Å². The smallest absolute Gasteiger partial charge is 0.258 e. The molecule has 1 aromatic rings. The van der Waals surface area contributed by atoms with Gasteiger partial charge in [-0.2, -0.15) is 0 Å². The maximum absolute atomic E-state index is 12.2. The maximum Gasteiger partial charge on any atom is 0.258 e. The monoisotopic (exact) mass is 283 g/mol. The van der Waals surface area contributed by atoms with Gasteiger partial charge in [0.05, 0.1) is 0 Å². The topological polar surface area (TPSA) is 71.1 Å². The SMILES string of the molecule is CNCc1ccc(S(=O)(=O)NC2CCC(C)C2)nc1. The number of rotatable bonds is 5. The van der Waals surface area contributed by atoms with E-state index >= 15 is 0 Å². The average molecular weight is 283 g/mol. The standard InChI is InChI=1S/C13H21N3O2S/c1-10-3-5-12(7-10)16-19(17,18)13-6-4-11(8-14-2)9-15-13/h4,6,9-10,12,14,16H,3,5,7-8H2,1-2H3. The van der Waals surface area contributed by atoms with Gasteiger partial charge in [-0.3, -0.25) is 0 Å². The van der Waals surface area contributed by atoms with Gasteiger partial charge in [0.1, 0.15) is 0 Å². The molecule has 0 aromatic carbocycles. The zero-order chi connectivity index (χ0) is 13.9. The molecule has 1 aromatic heterocycles. The molecule has 6 heteroatoms. The Kier molecular flexibility index (Phi) is 4.54. The molecule has 2 N–H and O–H groups in total. The van der Waals surface area contributed by atoms with Gasteiger partial charge in [0, 0.05) is 18.8 Å². The van der Waals surface area contributed by atoms with Crippen LogP contribution in [-0.4, -0.2) is 26.5 Å². The van der Waals surface area contributed by atoms with Gasteiger partial charge >= 0.3 is 0 Å². The molecule has 1 saturated carbocycles. The van der Waals surface area contributed by atoms with Crippen LogP contribution in [0.4, 0.5) is 0 Å². The Balaban J connectivity index is 2.06. The van der Waals surface area contributed by atoms with E-state index in [1.54, 1.807) is 18.3 Å². The fourth-order valence-electron chi connectivity index (χ4n) is 2.47. The molecule has 2 rings (SSSR count). The van der Waals surface area contributed by atoms with Gasteiger partial charge in [0.25, 0.3) is 10.0 Å². The summed E-state index contributed by atoms with van der Waals surface area (Å²) in [5.74, 6) is 0.596. The predicted molar refractivity (Wildman–Crippen MR) is 74.1 cm³/mol. The minimum atomic E-state index is -3.48. The summed E-state index contributed by atoms with van der Waals surface area (Å²) in [6.45, 7) is 2.83. The lowest BCUT2D eigenvalue weighted by Crippen LogP contribution is -2.33. The van der Waals surface area contributed by atoms with Crippen LogP contribution in [0.5, 0.6) is 0 Å². The van der Waals surface area contributed by atoms with Crippen molar-refractivity contribution in [1.82, 2.24) is 15.0 Å². The molecule has 0 bridgehead atoms. The molecule has 106 valence electrons. The summed E-state index contributed by atoms with van der Waals surface area (Å²) in [4.78, 5) is 4.04. The lowest BCUT2D eigenvalue weighted by atomic mass is 10.1. The third kappa shape index (κ3) is 3.75. The van der Waals surface area contributed by atoms with Gasteiger partial charge in [-0.25, -0.2) is 18.1 Å². The Bertz CT molecular complexity index is 513. The minimum Gasteiger partial charge on any atom is -0.316 e. The van der Waals surface area contributed by atoms with Crippen LogP contribution in [-0.2, 0) is 16.6 Å². The molecule has 0 aliphatic heterocycles. The third-order valence-electron chi connectivity index (χ3n) is 3.47. The fourth-order valence-corrected chi connectivity index (χ4v) is 3.68. The lowest BCUT2D eigenvalue weighted by Gasteiger charge is -2.12. The number of hydrogen-bond donors (Lipinski definition) is 2. The van der Waals surface area contributed by atoms with Crippen LogP contribution in [0.1, 0.15) is 31.7 Å². The number of nitrogens with zero attached hydrogens (tertiary/aromatic N) is 1. The van der Waals surface area contributed by atoms with Gasteiger partial charge in [-0.1, -0.05) is 13.0 Å². The second kappa shape index (κ2) is 5.98. The van der Waals surface area contributed by atoms with Crippen LogP contribution in [0, 0.1) is 5.92 Å². The molecule has 2 atom stereocenters. The molecule has 0 spiro atoms. The molecular formula is C13H21N3O2S. The number of hydrogen-bond acceptors (Lipinski definition) is 4. The van der Waals surface area contributed by atoms with E-state index in [1.807, 2.05) is 7.05 Å². The molecule has 2 unspecified atom stereocenters. The number of nitrogens with one attached hydrogen (secondary N) is 2. The van der Waals surface area contributed by atoms with Crippen molar-refractivity contribution >= 4 is 10.0 Å². The predicted octanol–water partition coefficient (Wildman–Crippen LogP) is 1.27. The maximum atomic E-state index is 12.2. The summed E-state index contributed by atoms with van der Waals surface area (Å²) >= 11 is 0. The van der Waals surface area contributed by atoms with E-state index in [0.29, 0.717) is 12.5 Å². The third-order valence-corrected chi connectivity index (χ3v) is 4.91. The molecular weight excluding hydrogens is 262 g/mol. The van der Waals surface area contributed by atoms with Crippen molar-refractivity contribution in [2.45, 2.75) is 43.8 Å². The van der Waals surface area contributed by atoms with Crippen molar-refractivity contribution in [3.05, 3.63) is 23.9 Å². The lowest BCUT2D eigenvalue weighted by molar-refractivity contribution is 0.536. The highest BCUT2D eigenvalue weighted by atomic mass is 32.2. The van der Waals surface area contributed by atoms with E-state index in [4.69, 9.17) is 0 Å². The van der Waals surface area contributed by atoms with Crippen LogP contribution in [0.3, 0.4) is 0 Å². The summed E-state index contributed by atoms with van der Waals surface area (Å²) in [5, 5.41) is 3.10. The number of aromatic nitrogens is 1. The number of pyridine rings is 1. The highest BCUT2D eigenvalue weighted by Gasteiger charge is 2.26. The quantitative estimate of drug-likeness (QED) is 0.853. The van der Waals surface area contributed by atoms with Crippen molar-refractivity contribution in [1.29, 1.82) is 0 Å². The summed E-state index contributed by atoms with van der Waals surface area (Å²) in [6.07, 6.45) is 4.51. The van der Waals surface area contributed by atoms with Crippen LogP contribution in [0.2, 0.25) is 0 Å². The first-order chi connectivity index (χ1) is 9.01. The van der Waals surface area contributed by atoms with E-state index in [1.165, 1.54) is 0 Å². The van der Waals surface area contributed by atoms with E-state index in [0.717, 1.165) is 24.8 Å². The Morgan fingerprint density at radius 1 is 1.37 bits per heavy atom. The van der Waals surface area contributed by atoms with Crippen LogP contribution < -0.4 is 10.0 Å². The summed E-state index contributed by atoms with van der Waals surface area (Å²) in [5.41, 5.74) is 0.968. The molecule has 0 radical (unpaired) electrons. The Labute approximate surface area is 114 Å². The van der Waals surface area contributed by atoms with Crippen molar-refractivity contribution < 1.29 is 8.42 Å². The summed E-state index contributed by atoms with van der Waals surface area (Å²) < 4.78 is 27.1. The molecule has 0 saturated heterocycles. The van der Waals surface area contributed by atoms with Crippen molar-refractivity contribution in [3.8, 4) is 0 Å². The zero-order valence-corrected chi connectivity index (χ0v) is 12.2. The number of sulfonamides is 1. The molecule has 1 fully saturated rings. The fraction of sp³-hybridized carbons (Fsp3) is 0.615. The van der Waals surface area contributed by atoms with Crippen molar-refractivity contribution in [2.75, 3.05) is 7.05 Å². The van der Waals surface area contributed by atoms with Crippen LogP contribution in [0.25, 0.3) is 0 Å². The van der Waals surface area contributed by atoms with Crippen molar-refractivity contribution in [3.63, 3.8) is 0 Å². The van der Waals surface area contributed by atoms with Gasteiger partial charge < -0.3 is 5.32 Å². The Morgan fingerprint density at radius 2 is 2.16 bits per heavy atom. The second-order valence-electron chi connectivity index (χ2n) is 5.27. The average Bonchev–Trinajstić information content (AvgIpc) is 2.75. The highest BCUT2D eigenvalue weighted by Crippen LogP contribution is 2.25. The first kappa shape index (κ1) is 14.4. The highest BCUT2D eigenvalue weighted by molar-refractivity contribution is 7.89. The van der Waals surface area contributed by atoms with E-state index in [-0.39, 0.29) is 11.1 Å². The van der Waals surface area contributed by atoms with Crippen LogP contribution >= 0.6 is 0 Å². The molecule has 1 aliphatic carbocycles. The van der Waals surface area contributed by atoms with Gasteiger partial charge in [-0.15, -0.1) is 0 Å². The van der Waals surface area contributed by atoms with E-state index in [2.05, 4.69) is 21.9 Å². The van der Waals surface area contributed by atoms with Gasteiger partial charge in [-0.05, 0) is 43.9 Å². The van der Waals surface area contributed by atoms with E-state index < -0.39 is 10.0 Å². The van der Waals surface area contributed by atoms with Crippen molar-refractivity contribution in [2.24, 2.45) is 5.92 Å².